The molecule has 3 saturated heterocycles. The molecule has 8 nitrogen and oxygen atoms in total. The molecule has 31 heavy (non-hydrogen) atoms. The first-order chi connectivity index (χ1) is 14.5. The van der Waals surface area contributed by atoms with Crippen molar-refractivity contribution in [3.05, 3.63) is 0 Å². The van der Waals surface area contributed by atoms with Gasteiger partial charge in [0.05, 0.1) is 6.17 Å². The number of hydrogen-bond donors (Lipinski definition) is 0. The number of carbonyl (C=O) groups excluding carboxylic acids is 2. The Hall–Kier alpha value is -1.51. The molecule has 0 aliphatic carbocycles. The molecule has 5 atom stereocenters. The van der Waals surface area contributed by atoms with E-state index in [1.165, 1.54) is 0 Å². The molecule has 3 fully saturated rings. The van der Waals surface area contributed by atoms with Gasteiger partial charge >= 0.3 is 0 Å². The minimum atomic E-state index is -0.375. The Balaban J connectivity index is 0.000000176. The first-order valence-electron chi connectivity index (χ1n) is 11.8. The van der Waals surface area contributed by atoms with Crippen LogP contribution in [0, 0.1) is 11.8 Å². The molecule has 4 rings (SSSR count). The van der Waals surface area contributed by atoms with Crippen molar-refractivity contribution in [2.75, 3.05) is 60.4 Å². The quantitative estimate of drug-likeness (QED) is 0.647. The maximum absolute atomic E-state index is 12.5. The Labute approximate surface area is 188 Å². The second-order valence-electron chi connectivity index (χ2n) is 9.99. The van der Waals surface area contributed by atoms with Gasteiger partial charge in [0, 0.05) is 46.2 Å². The van der Waals surface area contributed by atoms with Crippen LogP contribution in [0.25, 0.3) is 0 Å². The predicted octanol–water partition coefficient (Wildman–Crippen LogP) is 1.03. The molecular weight excluding hydrogens is 392 g/mol. The molecule has 4 aliphatic heterocycles. The third-order valence-corrected chi connectivity index (χ3v) is 8.68. The van der Waals surface area contributed by atoms with Crippen LogP contribution in [0.4, 0.5) is 0 Å². The highest BCUT2D eigenvalue weighted by Gasteiger charge is 2.60. The molecule has 2 spiro atoms. The Bertz CT molecular complexity index is 756. The molecule has 4 heterocycles. The highest BCUT2D eigenvalue weighted by Crippen LogP contribution is 2.40. The zero-order valence-corrected chi connectivity index (χ0v) is 21.0. The standard InChI is InChI=1S/C12H23N3O.C11H19N3O/c1-6-15-7-9(2)12(8-15)11(16)13(4)10(3)14(12)5;1-5-14-6-8(2)11(7-14)10(15)12-9(3)13(11)4/h9-10H,6-8H2,1-5H3;8H,5-7H2,1-4H3. The van der Waals surface area contributed by atoms with E-state index in [1.54, 1.807) is 0 Å². The van der Waals surface area contributed by atoms with Gasteiger partial charge in [-0.2, -0.15) is 4.99 Å². The number of likely N-dealkylation sites (tertiary alicyclic amines) is 2. The first kappa shape index (κ1) is 24.1. The third-order valence-electron chi connectivity index (χ3n) is 8.68. The van der Waals surface area contributed by atoms with Crippen LogP contribution in [0.3, 0.4) is 0 Å². The Morgan fingerprint density at radius 3 is 1.74 bits per heavy atom. The van der Waals surface area contributed by atoms with Crippen LogP contribution >= 0.6 is 0 Å². The Morgan fingerprint density at radius 2 is 1.39 bits per heavy atom. The summed E-state index contributed by atoms with van der Waals surface area (Å²) in [6, 6.07) is 0. The summed E-state index contributed by atoms with van der Waals surface area (Å²) in [6.45, 7) is 18.4. The summed E-state index contributed by atoms with van der Waals surface area (Å²) in [4.78, 5) is 39.5. The van der Waals surface area contributed by atoms with Gasteiger partial charge in [0.2, 0.25) is 5.91 Å². The van der Waals surface area contributed by atoms with Gasteiger partial charge < -0.3 is 19.6 Å². The number of hydrogen-bond acceptors (Lipinski definition) is 6. The molecule has 0 aromatic carbocycles. The highest BCUT2D eigenvalue weighted by molar-refractivity contribution is 6.06. The van der Waals surface area contributed by atoms with Crippen molar-refractivity contribution < 1.29 is 9.59 Å². The molecule has 0 N–H and O–H groups in total. The lowest BCUT2D eigenvalue weighted by Crippen LogP contribution is -2.54. The minimum Gasteiger partial charge on any atom is -0.347 e. The van der Waals surface area contributed by atoms with E-state index in [2.05, 4.69) is 66.3 Å². The zero-order valence-electron chi connectivity index (χ0n) is 21.0. The van der Waals surface area contributed by atoms with E-state index in [0.717, 1.165) is 45.1 Å². The number of nitrogens with zero attached hydrogens (tertiary/aromatic N) is 6. The van der Waals surface area contributed by atoms with Gasteiger partial charge in [-0.3, -0.25) is 14.5 Å². The van der Waals surface area contributed by atoms with Gasteiger partial charge in [-0.1, -0.05) is 27.7 Å². The van der Waals surface area contributed by atoms with E-state index < -0.39 is 0 Å². The number of aliphatic imine (C=N–C) groups is 1. The maximum atomic E-state index is 12.5. The molecule has 0 aromatic heterocycles. The molecule has 176 valence electrons. The van der Waals surface area contributed by atoms with Gasteiger partial charge in [0.15, 0.2) is 0 Å². The van der Waals surface area contributed by atoms with E-state index in [-0.39, 0.29) is 23.2 Å². The van der Waals surface area contributed by atoms with E-state index in [1.807, 2.05) is 25.9 Å². The second-order valence-corrected chi connectivity index (χ2v) is 9.99. The summed E-state index contributed by atoms with van der Waals surface area (Å²) in [5.74, 6) is 1.97. The molecule has 8 heteroatoms. The number of likely N-dealkylation sites (N-methyl/N-ethyl adjacent to an activating group) is 5. The first-order valence-corrected chi connectivity index (χ1v) is 11.8. The van der Waals surface area contributed by atoms with Crippen molar-refractivity contribution in [2.24, 2.45) is 16.8 Å². The topological polar surface area (TPSA) is 62.7 Å². The number of amides is 2. The largest absolute Gasteiger partial charge is 0.347 e. The molecule has 5 unspecified atom stereocenters. The van der Waals surface area contributed by atoms with Crippen LogP contribution in [0.15, 0.2) is 4.99 Å². The van der Waals surface area contributed by atoms with Crippen molar-refractivity contribution in [2.45, 2.75) is 58.8 Å². The fourth-order valence-corrected chi connectivity index (χ4v) is 6.10. The van der Waals surface area contributed by atoms with Crippen molar-refractivity contribution in [1.82, 2.24) is 24.5 Å². The predicted molar refractivity (Wildman–Crippen MR) is 124 cm³/mol. The lowest BCUT2D eigenvalue weighted by atomic mass is 9.87. The van der Waals surface area contributed by atoms with Crippen molar-refractivity contribution >= 4 is 17.6 Å². The SMILES string of the molecule is CCN1CC(C)C2(C1)C(=O)N(C)C(C)N2C.CCN1CC(C)C2(C1)C(=O)N=C(C)N2C. The van der Waals surface area contributed by atoms with Crippen LogP contribution in [0.2, 0.25) is 0 Å². The summed E-state index contributed by atoms with van der Waals surface area (Å²) in [5.41, 5.74) is -0.649. The molecule has 0 bridgehead atoms. The fourth-order valence-electron chi connectivity index (χ4n) is 6.10. The van der Waals surface area contributed by atoms with Crippen molar-refractivity contribution in [3.8, 4) is 0 Å². The monoisotopic (exact) mass is 434 g/mol. The van der Waals surface area contributed by atoms with Crippen LogP contribution < -0.4 is 0 Å². The van der Waals surface area contributed by atoms with Crippen molar-refractivity contribution in [3.63, 3.8) is 0 Å². The van der Waals surface area contributed by atoms with Gasteiger partial charge in [-0.05, 0) is 39.9 Å². The van der Waals surface area contributed by atoms with Gasteiger partial charge in [0.1, 0.15) is 16.9 Å². The lowest BCUT2D eigenvalue weighted by Gasteiger charge is -2.34. The summed E-state index contributed by atoms with van der Waals surface area (Å²) < 4.78 is 0. The number of rotatable bonds is 2. The summed E-state index contributed by atoms with van der Waals surface area (Å²) >= 11 is 0. The maximum Gasteiger partial charge on any atom is 0.274 e. The van der Waals surface area contributed by atoms with E-state index in [0.29, 0.717) is 17.7 Å². The normalized spacial score (nSPS) is 39.3. The molecule has 0 aromatic rings. The average Bonchev–Trinajstić information content (AvgIpc) is 3.38. The molecule has 4 aliphatic rings. The van der Waals surface area contributed by atoms with Crippen molar-refractivity contribution in [1.29, 1.82) is 0 Å². The van der Waals surface area contributed by atoms with Gasteiger partial charge in [0.25, 0.3) is 5.91 Å². The Morgan fingerprint density at radius 1 is 0.903 bits per heavy atom. The van der Waals surface area contributed by atoms with Gasteiger partial charge in [-0.15, -0.1) is 0 Å². The van der Waals surface area contributed by atoms with E-state index >= 15 is 0 Å². The molecule has 0 saturated carbocycles. The van der Waals surface area contributed by atoms with Crippen LogP contribution in [0.1, 0.15) is 41.5 Å². The molecule has 0 radical (unpaired) electrons. The van der Waals surface area contributed by atoms with E-state index in [9.17, 15) is 9.59 Å². The lowest BCUT2D eigenvalue weighted by molar-refractivity contribution is -0.133. The number of amidine groups is 1. The Kier molecular flexibility index (Phi) is 6.58. The average molecular weight is 435 g/mol. The van der Waals surface area contributed by atoms with Crippen LogP contribution in [0.5, 0.6) is 0 Å². The summed E-state index contributed by atoms with van der Waals surface area (Å²) in [7, 11) is 5.99. The minimum absolute atomic E-state index is 0.0472. The highest BCUT2D eigenvalue weighted by atomic mass is 16.2. The molecular formula is C23H42N6O2. The smallest absolute Gasteiger partial charge is 0.274 e. The molecule has 2 amide bonds. The van der Waals surface area contributed by atoms with Crippen LogP contribution in [-0.2, 0) is 9.59 Å². The van der Waals surface area contributed by atoms with Gasteiger partial charge in [-0.25, -0.2) is 0 Å². The zero-order chi connectivity index (χ0) is 23.3. The second kappa shape index (κ2) is 8.45. The van der Waals surface area contributed by atoms with Crippen LogP contribution in [-0.4, -0.2) is 120 Å². The summed E-state index contributed by atoms with van der Waals surface area (Å²) in [5, 5.41) is 0. The fraction of sp³-hybridized carbons (Fsp3) is 0.870. The number of carbonyl (C=O) groups is 2. The summed E-state index contributed by atoms with van der Waals surface area (Å²) in [6.07, 6.45) is 0.215. The third kappa shape index (κ3) is 3.42. The van der Waals surface area contributed by atoms with E-state index in [4.69, 9.17) is 0 Å².